The predicted molar refractivity (Wildman–Crippen MR) is 113 cm³/mol. The topological polar surface area (TPSA) is 92.5 Å². The fourth-order valence-electron chi connectivity index (χ4n) is 2.77. The highest BCUT2D eigenvalue weighted by molar-refractivity contribution is 7.10. The minimum atomic E-state index is -0.776. The summed E-state index contributed by atoms with van der Waals surface area (Å²) < 4.78 is 0. The molecule has 2 heterocycles. The van der Waals surface area contributed by atoms with Gasteiger partial charge in [0.15, 0.2) is 0 Å². The van der Waals surface area contributed by atoms with E-state index in [4.69, 9.17) is 0 Å². The Balaban J connectivity index is 1.71. The summed E-state index contributed by atoms with van der Waals surface area (Å²) in [6.45, 7) is 2.52. The lowest BCUT2D eigenvalue weighted by atomic mass is 10.1. The van der Waals surface area contributed by atoms with Crippen LogP contribution >= 0.6 is 22.7 Å². The molecule has 9 heteroatoms. The van der Waals surface area contributed by atoms with E-state index in [1.54, 1.807) is 34.5 Å². The van der Waals surface area contributed by atoms with Gasteiger partial charge in [-0.15, -0.1) is 22.7 Å². The monoisotopic (exact) mass is 429 g/mol. The summed E-state index contributed by atoms with van der Waals surface area (Å²) in [6.07, 6.45) is 0. The van der Waals surface area contributed by atoms with Crippen LogP contribution in [0.3, 0.4) is 0 Å². The van der Waals surface area contributed by atoms with Gasteiger partial charge < -0.3 is 10.2 Å². The van der Waals surface area contributed by atoms with Crippen LogP contribution in [0, 0.1) is 10.1 Å². The van der Waals surface area contributed by atoms with E-state index >= 15 is 0 Å². The molecule has 2 aromatic heterocycles. The molecule has 3 rings (SSSR count). The van der Waals surface area contributed by atoms with E-state index in [0.29, 0.717) is 13.1 Å². The van der Waals surface area contributed by atoms with Gasteiger partial charge in [0.2, 0.25) is 5.91 Å². The van der Waals surface area contributed by atoms with Gasteiger partial charge in [0, 0.05) is 27.5 Å². The second kappa shape index (κ2) is 9.44. The van der Waals surface area contributed by atoms with E-state index in [0.717, 1.165) is 9.75 Å². The first-order valence-electron chi connectivity index (χ1n) is 8.83. The zero-order valence-electron chi connectivity index (χ0n) is 15.6. The summed E-state index contributed by atoms with van der Waals surface area (Å²) in [5.74, 6) is -0.743. The maximum atomic E-state index is 13.0. The van der Waals surface area contributed by atoms with Crippen LogP contribution in [0.15, 0.2) is 59.3 Å². The van der Waals surface area contributed by atoms with Crippen molar-refractivity contribution in [2.75, 3.05) is 0 Å². The number of non-ortho nitro benzene ring substituents is 1. The van der Waals surface area contributed by atoms with Crippen LogP contribution in [-0.4, -0.2) is 27.7 Å². The molecule has 3 aromatic rings. The molecule has 29 heavy (non-hydrogen) atoms. The number of thiophene rings is 2. The molecule has 0 saturated heterocycles. The third kappa shape index (κ3) is 5.49. The average molecular weight is 430 g/mol. The number of rotatable bonds is 8. The van der Waals surface area contributed by atoms with Gasteiger partial charge in [-0.05, 0) is 35.9 Å². The molecular formula is C20H19N3O4S2. The van der Waals surface area contributed by atoms with Crippen LogP contribution in [0.2, 0.25) is 0 Å². The van der Waals surface area contributed by atoms with Gasteiger partial charge in [0.1, 0.15) is 6.04 Å². The summed E-state index contributed by atoms with van der Waals surface area (Å²) in [5.41, 5.74) is -0.0319. The van der Waals surface area contributed by atoms with Crippen molar-refractivity contribution in [1.29, 1.82) is 0 Å². The lowest BCUT2D eigenvalue weighted by Gasteiger charge is -2.25. The summed E-state index contributed by atoms with van der Waals surface area (Å²) in [5, 5.41) is 17.5. The fraction of sp³-hybridized carbons (Fsp3) is 0.200. The van der Waals surface area contributed by atoms with Crippen molar-refractivity contribution in [3.8, 4) is 0 Å². The Bertz CT molecular complexity index is 951. The van der Waals surface area contributed by atoms with Gasteiger partial charge >= 0.3 is 0 Å². The molecular weight excluding hydrogens is 410 g/mol. The second-order valence-electron chi connectivity index (χ2n) is 6.36. The van der Waals surface area contributed by atoms with Crippen LogP contribution in [0.5, 0.6) is 0 Å². The number of benzene rings is 1. The van der Waals surface area contributed by atoms with Gasteiger partial charge in [-0.2, -0.15) is 0 Å². The Morgan fingerprint density at radius 3 is 2.21 bits per heavy atom. The number of hydrogen-bond acceptors (Lipinski definition) is 6. The minimum absolute atomic E-state index is 0.141. The molecule has 0 spiro atoms. The van der Waals surface area contributed by atoms with Crippen LogP contribution in [0.4, 0.5) is 5.69 Å². The Morgan fingerprint density at radius 2 is 1.69 bits per heavy atom. The molecule has 2 amide bonds. The van der Waals surface area contributed by atoms with Crippen LogP contribution in [0.25, 0.3) is 0 Å². The Hall–Kier alpha value is -3.04. The molecule has 1 atom stereocenters. The number of carbonyl (C=O) groups excluding carboxylic acids is 2. The third-order valence-corrected chi connectivity index (χ3v) is 5.92. The Morgan fingerprint density at radius 1 is 1.07 bits per heavy atom. The number of amides is 2. The molecule has 7 nitrogen and oxygen atoms in total. The highest BCUT2D eigenvalue weighted by atomic mass is 32.1. The Labute approximate surface area is 175 Å². The number of nitrogens with one attached hydrogen (secondary N) is 1. The molecule has 150 valence electrons. The first-order valence-corrected chi connectivity index (χ1v) is 10.6. The van der Waals surface area contributed by atoms with Crippen molar-refractivity contribution in [3.05, 3.63) is 84.7 Å². The van der Waals surface area contributed by atoms with Crippen molar-refractivity contribution in [1.82, 2.24) is 10.2 Å². The zero-order chi connectivity index (χ0) is 20.8. The third-order valence-electron chi connectivity index (χ3n) is 4.20. The van der Waals surface area contributed by atoms with Crippen molar-refractivity contribution in [2.45, 2.75) is 26.1 Å². The molecule has 1 unspecified atom stereocenters. The van der Waals surface area contributed by atoms with Crippen LogP contribution in [0.1, 0.15) is 27.0 Å². The quantitative estimate of drug-likeness (QED) is 0.432. The molecule has 0 fully saturated rings. The van der Waals surface area contributed by atoms with E-state index < -0.39 is 16.9 Å². The van der Waals surface area contributed by atoms with Crippen LogP contribution < -0.4 is 5.32 Å². The summed E-state index contributed by atoms with van der Waals surface area (Å²) >= 11 is 3.13. The number of nitrogens with zero attached hydrogens (tertiary/aromatic N) is 2. The molecule has 0 aliphatic heterocycles. The van der Waals surface area contributed by atoms with Crippen molar-refractivity contribution < 1.29 is 14.5 Å². The highest BCUT2D eigenvalue weighted by Gasteiger charge is 2.24. The minimum Gasteiger partial charge on any atom is -0.341 e. The fourth-order valence-corrected chi connectivity index (χ4v) is 4.21. The second-order valence-corrected chi connectivity index (χ2v) is 8.42. The highest BCUT2D eigenvalue weighted by Crippen LogP contribution is 2.18. The average Bonchev–Trinajstić information content (AvgIpc) is 3.41. The maximum absolute atomic E-state index is 13.0. The standard InChI is InChI=1S/C20H19N3O4S2/c1-14(21-19(24)15-5-2-6-16(11-15)23(26)27)20(25)22(12-17-7-3-9-28-17)13-18-8-4-10-29-18/h2-11,14H,12-13H2,1H3,(H,21,24). The van der Waals surface area contributed by atoms with Crippen LogP contribution in [-0.2, 0) is 17.9 Å². The van der Waals surface area contributed by atoms with E-state index in [2.05, 4.69) is 5.32 Å². The summed E-state index contributed by atoms with van der Waals surface area (Å²) in [4.78, 5) is 39.7. The lowest BCUT2D eigenvalue weighted by Crippen LogP contribution is -2.46. The van der Waals surface area contributed by atoms with Crippen molar-refractivity contribution >= 4 is 40.2 Å². The molecule has 0 bridgehead atoms. The molecule has 0 aliphatic rings. The number of hydrogen-bond donors (Lipinski definition) is 1. The number of nitro benzene ring substituents is 1. The molecule has 0 radical (unpaired) electrons. The SMILES string of the molecule is CC(NC(=O)c1cccc([N+](=O)[O-])c1)C(=O)N(Cc1cccs1)Cc1cccs1. The lowest BCUT2D eigenvalue weighted by molar-refractivity contribution is -0.384. The molecule has 1 N–H and O–H groups in total. The number of nitro groups is 1. The first kappa shape index (κ1) is 20.7. The largest absolute Gasteiger partial charge is 0.341 e. The number of carbonyl (C=O) groups is 2. The summed E-state index contributed by atoms with van der Waals surface area (Å²) in [7, 11) is 0. The van der Waals surface area contributed by atoms with Gasteiger partial charge in [0.05, 0.1) is 18.0 Å². The smallest absolute Gasteiger partial charge is 0.270 e. The predicted octanol–water partition coefficient (Wildman–Crippen LogP) is 4.07. The van der Waals surface area contributed by atoms with E-state index in [-0.39, 0.29) is 17.2 Å². The van der Waals surface area contributed by atoms with Gasteiger partial charge in [-0.1, -0.05) is 18.2 Å². The van der Waals surface area contributed by atoms with Gasteiger partial charge in [0.25, 0.3) is 11.6 Å². The van der Waals surface area contributed by atoms with Gasteiger partial charge in [-0.3, -0.25) is 19.7 Å². The van der Waals surface area contributed by atoms with E-state index in [1.165, 1.54) is 24.3 Å². The summed E-state index contributed by atoms with van der Waals surface area (Å²) in [6, 6.07) is 12.5. The van der Waals surface area contributed by atoms with Gasteiger partial charge in [-0.25, -0.2) is 0 Å². The molecule has 1 aromatic carbocycles. The Kier molecular flexibility index (Phi) is 6.73. The van der Waals surface area contributed by atoms with Crippen molar-refractivity contribution in [3.63, 3.8) is 0 Å². The van der Waals surface area contributed by atoms with E-state index in [1.807, 2.05) is 35.0 Å². The maximum Gasteiger partial charge on any atom is 0.270 e. The first-order chi connectivity index (χ1) is 13.9. The van der Waals surface area contributed by atoms with E-state index in [9.17, 15) is 19.7 Å². The van der Waals surface area contributed by atoms with Crippen molar-refractivity contribution in [2.24, 2.45) is 0 Å². The molecule has 0 saturated carbocycles. The molecule has 0 aliphatic carbocycles. The zero-order valence-corrected chi connectivity index (χ0v) is 17.2. The normalized spacial score (nSPS) is 11.6.